The third-order valence-electron chi connectivity index (χ3n) is 2.42. The average Bonchev–Trinajstić information content (AvgIpc) is 2.98. The van der Waals surface area contributed by atoms with Crippen LogP contribution in [0.25, 0.3) is 0 Å². The lowest BCUT2D eigenvalue weighted by Crippen LogP contribution is -2.04. The van der Waals surface area contributed by atoms with Gasteiger partial charge >= 0.3 is 0 Å². The van der Waals surface area contributed by atoms with Gasteiger partial charge in [0, 0.05) is 0 Å². The fourth-order valence-electron chi connectivity index (χ4n) is 1.47. The smallest absolute Gasteiger partial charge is 0.120 e. The van der Waals surface area contributed by atoms with E-state index in [-0.39, 0.29) is 0 Å². The molecular formula is C13H17O. The van der Waals surface area contributed by atoms with Crippen LogP contribution in [0, 0.1) is 12.0 Å². The third-order valence-corrected chi connectivity index (χ3v) is 2.42. The van der Waals surface area contributed by atoms with E-state index in [1.165, 1.54) is 18.4 Å². The number of hydrogen-bond donors (Lipinski definition) is 0. The van der Waals surface area contributed by atoms with Crippen LogP contribution in [0.15, 0.2) is 18.2 Å². The van der Waals surface area contributed by atoms with Gasteiger partial charge in [-0.05, 0) is 48.4 Å². The van der Waals surface area contributed by atoms with Crippen molar-refractivity contribution in [3.8, 4) is 5.75 Å². The van der Waals surface area contributed by atoms with Gasteiger partial charge in [0.25, 0.3) is 0 Å². The van der Waals surface area contributed by atoms with Crippen molar-refractivity contribution in [1.29, 1.82) is 0 Å². The average molecular weight is 189 g/mol. The second kappa shape index (κ2) is 4.04. The maximum atomic E-state index is 5.65. The molecule has 1 fully saturated rings. The molecule has 0 heterocycles. The maximum absolute atomic E-state index is 5.65. The van der Waals surface area contributed by atoms with Crippen LogP contribution in [0.1, 0.15) is 38.2 Å². The standard InChI is InChI=1S/C13H17O/c1-10(2)9-14-13-5-3-4-12(8-13)11-6-7-11/h4-5,8,10-11H,6-7,9H2,1-2H3. The van der Waals surface area contributed by atoms with Gasteiger partial charge in [-0.2, -0.15) is 0 Å². The molecule has 0 saturated heterocycles. The highest BCUT2D eigenvalue weighted by molar-refractivity contribution is 5.32. The normalized spacial score (nSPS) is 15.9. The highest BCUT2D eigenvalue weighted by Gasteiger charge is 2.23. The van der Waals surface area contributed by atoms with E-state index in [1.54, 1.807) is 0 Å². The summed E-state index contributed by atoms with van der Waals surface area (Å²) < 4.78 is 5.65. The summed E-state index contributed by atoms with van der Waals surface area (Å²) in [7, 11) is 0. The van der Waals surface area contributed by atoms with Gasteiger partial charge in [-0.25, -0.2) is 0 Å². The molecule has 1 saturated carbocycles. The van der Waals surface area contributed by atoms with Crippen molar-refractivity contribution in [2.24, 2.45) is 5.92 Å². The van der Waals surface area contributed by atoms with Crippen LogP contribution >= 0.6 is 0 Å². The molecule has 1 radical (unpaired) electrons. The van der Waals surface area contributed by atoms with Crippen LogP contribution in [-0.2, 0) is 0 Å². The fourth-order valence-corrected chi connectivity index (χ4v) is 1.47. The molecule has 0 N–H and O–H groups in total. The molecule has 75 valence electrons. The second-order valence-corrected chi connectivity index (χ2v) is 4.48. The van der Waals surface area contributed by atoms with Crippen molar-refractivity contribution < 1.29 is 4.74 Å². The van der Waals surface area contributed by atoms with Gasteiger partial charge in [0.2, 0.25) is 0 Å². The van der Waals surface area contributed by atoms with Gasteiger partial charge in [0.05, 0.1) is 6.61 Å². The molecule has 0 amide bonds. The topological polar surface area (TPSA) is 9.23 Å². The van der Waals surface area contributed by atoms with E-state index in [1.807, 2.05) is 6.07 Å². The predicted molar refractivity (Wildman–Crippen MR) is 57.6 cm³/mol. The van der Waals surface area contributed by atoms with Gasteiger partial charge in [-0.1, -0.05) is 19.9 Å². The Bertz CT molecular complexity index is 300. The largest absolute Gasteiger partial charge is 0.493 e. The van der Waals surface area contributed by atoms with Gasteiger partial charge in [0.15, 0.2) is 0 Å². The molecule has 0 aromatic heterocycles. The second-order valence-electron chi connectivity index (χ2n) is 4.48. The SMILES string of the molecule is CC(C)COc1c[c]cc(C2CC2)c1. The molecule has 2 rings (SSSR count). The van der Waals surface area contributed by atoms with Crippen LogP contribution in [-0.4, -0.2) is 6.61 Å². The summed E-state index contributed by atoms with van der Waals surface area (Å²) in [6, 6.07) is 9.32. The molecule has 14 heavy (non-hydrogen) atoms. The minimum atomic E-state index is 0.583. The molecule has 1 aromatic carbocycles. The van der Waals surface area contributed by atoms with Crippen LogP contribution < -0.4 is 4.74 Å². The zero-order chi connectivity index (χ0) is 9.97. The lowest BCUT2D eigenvalue weighted by molar-refractivity contribution is 0.271. The number of rotatable bonds is 4. The minimum Gasteiger partial charge on any atom is -0.493 e. The van der Waals surface area contributed by atoms with Crippen LogP contribution in [0.4, 0.5) is 0 Å². The van der Waals surface area contributed by atoms with Crippen molar-refractivity contribution in [1.82, 2.24) is 0 Å². The predicted octanol–water partition coefficient (Wildman–Crippen LogP) is 3.40. The lowest BCUT2D eigenvalue weighted by atomic mass is 10.1. The van der Waals surface area contributed by atoms with Gasteiger partial charge in [-0.3, -0.25) is 0 Å². The Morgan fingerprint density at radius 1 is 1.43 bits per heavy atom. The molecule has 1 heteroatoms. The molecule has 1 nitrogen and oxygen atoms in total. The van der Waals surface area contributed by atoms with E-state index in [0.29, 0.717) is 5.92 Å². The van der Waals surface area contributed by atoms with Gasteiger partial charge < -0.3 is 4.74 Å². The van der Waals surface area contributed by atoms with E-state index in [2.05, 4.69) is 32.0 Å². The van der Waals surface area contributed by atoms with E-state index in [0.717, 1.165) is 18.3 Å². The van der Waals surface area contributed by atoms with E-state index >= 15 is 0 Å². The molecule has 0 aliphatic heterocycles. The molecule has 0 bridgehead atoms. The zero-order valence-electron chi connectivity index (χ0n) is 8.92. The first-order valence-corrected chi connectivity index (χ1v) is 5.39. The van der Waals surface area contributed by atoms with Crippen molar-refractivity contribution in [2.45, 2.75) is 32.6 Å². The zero-order valence-corrected chi connectivity index (χ0v) is 8.92. The summed E-state index contributed by atoms with van der Waals surface area (Å²) >= 11 is 0. The highest BCUT2D eigenvalue weighted by atomic mass is 16.5. The van der Waals surface area contributed by atoms with Crippen molar-refractivity contribution >= 4 is 0 Å². The minimum absolute atomic E-state index is 0.583. The lowest BCUT2D eigenvalue weighted by Gasteiger charge is -2.09. The van der Waals surface area contributed by atoms with Crippen molar-refractivity contribution in [3.05, 3.63) is 29.8 Å². The molecule has 1 aliphatic rings. The summed E-state index contributed by atoms with van der Waals surface area (Å²) in [6.07, 6.45) is 2.67. The quantitative estimate of drug-likeness (QED) is 0.705. The number of benzene rings is 1. The Kier molecular flexibility index (Phi) is 2.76. The first-order valence-electron chi connectivity index (χ1n) is 5.39. The van der Waals surface area contributed by atoms with Crippen LogP contribution in [0.2, 0.25) is 0 Å². The van der Waals surface area contributed by atoms with Gasteiger partial charge in [-0.15, -0.1) is 0 Å². The summed E-state index contributed by atoms with van der Waals surface area (Å²) in [5.41, 5.74) is 1.39. The Balaban J connectivity index is 1.99. The first-order chi connectivity index (χ1) is 6.75. The monoisotopic (exact) mass is 189 g/mol. The summed E-state index contributed by atoms with van der Waals surface area (Å²) in [4.78, 5) is 0. The molecule has 0 atom stereocenters. The molecular weight excluding hydrogens is 172 g/mol. The van der Waals surface area contributed by atoms with Crippen LogP contribution in [0.5, 0.6) is 5.75 Å². The van der Waals surface area contributed by atoms with E-state index in [9.17, 15) is 0 Å². The molecule has 1 aromatic rings. The summed E-state index contributed by atoms with van der Waals surface area (Å²) in [5, 5.41) is 0. The summed E-state index contributed by atoms with van der Waals surface area (Å²) in [6.45, 7) is 5.12. The van der Waals surface area contributed by atoms with Crippen LogP contribution in [0.3, 0.4) is 0 Å². The maximum Gasteiger partial charge on any atom is 0.120 e. The highest BCUT2D eigenvalue weighted by Crippen LogP contribution is 2.40. The van der Waals surface area contributed by atoms with Crippen molar-refractivity contribution in [3.63, 3.8) is 0 Å². The Labute approximate surface area is 86.1 Å². The molecule has 0 spiro atoms. The van der Waals surface area contributed by atoms with Gasteiger partial charge in [0.1, 0.15) is 5.75 Å². The number of hydrogen-bond acceptors (Lipinski definition) is 1. The Morgan fingerprint density at radius 3 is 2.86 bits per heavy atom. The van der Waals surface area contributed by atoms with Crippen molar-refractivity contribution in [2.75, 3.05) is 6.61 Å². The number of ether oxygens (including phenoxy) is 1. The fraction of sp³-hybridized carbons (Fsp3) is 0.538. The van der Waals surface area contributed by atoms with E-state index in [4.69, 9.17) is 4.74 Å². The third kappa shape index (κ3) is 2.50. The first kappa shape index (κ1) is 9.57. The Morgan fingerprint density at radius 2 is 2.21 bits per heavy atom. The summed E-state index contributed by atoms with van der Waals surface area (Å²) in [5.74, 6) is 2.34. The van der Waals surface area contributed by atoms with E-state index < -0.39 is 0 Å². The Hall–Kier alpha value is -0.980. The molecule has 1 aliphatic carbocycles. The molecule has 0 unspecified atom stereocenters.